The number of nitrogens with one attached hydrogen (secondary N) is 1. The quantitative estimate of drug-likeness (QED) is 0.570. The number of benzene rings is 2. The van der Waals surface area contributed by atoms with Crippen LogP contribution in [0.2, 0.25) is 0 Å². The average molecular weight is 426 g/mol. The van der Waals surface area contributed by atoms with E-state index < -0.39 is 0 Å². The first-order chi connectivity index (χ1) is 14.4. The minimum absolute atomic E-state index is 0.115. The van der Waals surface area contributed by atoms with E-state index in [1.165, 1.54) is 11.8 Å². The van der Waals surface area contributed by atoms with Gasteiger partial charge in [0.05, 0.1) is 11.3 Å². The van der Waals surface area contributed by atoms with Gasteiger partial charge in [-0.3, -0.25) is 4.79 Å². The molecule has 30 heavy (non-hydrogen) atoms. The normalized spacial score (nSPS) is 12.8. The summed E-state index contributed by atoms with van der Waals surface area (Å²) in [5, 5.41) is 6.98. The predicted octanol–water partition coefficient (Wildman–Crippen LogP) is 4.11. The molecule has 0 aliphatic carbocycles. The number of amides is 1. The molecule has 0 atom stereocenters. The lowest BCUT2D eigenvalue weighted by Crippen LogP contribution is -2.36. The van der Waals surface area contributed by atoms with Crippen molar-refractivity contribution in [2.75, 3.05) is 13.3 Å². The van der Waals surface area contributed by atoms with Crippen molar-refractivity contribution in [2.24, 2.45) is 0 Å². The molecule has 0 saturated carbocycles. The third kappa shape index (κ3) is 4.43. The van der Waals surface area contributed by atoms with E-state index in [9.17, 15) is 4.79 Å². The Hall–Kier alpha value is -3.00. The smallest absolute Gasteiger partial charge is 0.252 e. The zero-order valence-corrected chi connectivity index (χ0v) is 17.9. The summed E-state index contributed by atoms with van der Waals surface area (Å²) in [5.41, 5.74) is 1.42. The van der Waals surface area contributed by atoms with Gasteiger partial charge in [0, 0.05) is 23.8 Å². The highest BCUT2D eigenvalue weighted by Gasteiger charge is 2.25. The van der Waals surface area contributed by atoms with Crippen molar-refractivity contribution in [1.82, 2.24) is 15.5 Å². The molecule has 156 valence electrons. The third-order valence-corrected chi connectivity index (χ3v) is 5.97. The van der Waals surface area contributed by atoms with Gasteiger partial charge in [0.1, 0.15) is 0 Å². The summed E-state index contributed by atoms with van der Waals surface area (Å²) in [7, 11) is 0. The highest BCUT2D eigenvalue weighted by atomic mass is 32.2. The van der Waals surface area contributed by atoms with Crippen LogP contribution in [0.1, 0.15) is 41.5 Å². The fourth-order valence-electron chi connectivity index (χ4n) is 3.14. The van der Waals surface area contributed by atoms with Crippen molar-refractivity contribution in [3.05, 3.63) is 65.3 Å². The minimum Gasteiger partial charge on any atom is -0.454 e. The monoisotopic (exact) mass is 425 g/mol. The van der Waals surface area contributed by atoms with Crippen LogP contribution >= 0.6 is 11.8 Å². The lowest BCUT2D eigenvalue weighted by Gasteiger charge is -2.26. The van der Waals surface area contributed by atoms with Gasteiger partial charge in [-0.25, -0.2) is 0 Å². The first kappa shape index (κ1) is 20.3. The van der Waals surface area contributed by atoms with Gasteiger partial charge >= 0.3 is 0 Å². The second-order valence-corrected chi connectivity index (χ2v) is 8.67. The fourth-order valence-corrected chi connectivity index (χ4v) is 4.03. The Balaban J connectivity index is 1.42. The number of ether oxygens (including phenoxy) is 2. The molecule has 0 radical (unpaired) electrons. The van der Waals surface area contributed by atoms with Crippen LogP contribution in [-0.4, -0.2) is 29.4 Å². The molecule has 1 aliphatic rings. The molecule has 2 heterocycles. The number of aromatic nitrogens is 2. The first-order valence-corrected chi connectivity index (χ1v) is 10.6. The summed E-state index contributed by atoms with van der Waals surface area (Å²) < 4.78 is 15.9. The molecule has 0 spiro atoms. The van der Waals surface area contributed by atoms with Gasteiger partial charge in [-0.1, -0.05) is 37.2 Å². The number of rotatable bonds is 7. The molecule has 1 amide bonds. The molecule has 1 N–H and O–H groups in total. The molecule has 3 aromatic rings. The van der Waals surface area contributed by atoms with Gasteiger partial charge in [-0.05, 0) is 29.8 Å². The molecular formula is C22H23N3O4S. The lowest BCUT2D eigenvalue weighted by molar-refractivity contribution is 0.0942. The number of hydrogen-bond donors (Lipinski definition) is 1. The standard InChI is InChI=1S/C22H23N3O4S/c1-14-24-20(25-29-14)11-30-19-7-5-4-6-16(19)21(26)23-12-22(2,3)15-8-9-17-18(10-15)28-13-27-17/h4-10H,11-13H2,1-3H3,(H,23,26). The lowest BCUT2D eigenvalue weighted by atomic mass is 9.84. The van der Waals surface area contributed by atoms with Crippen LogP contribution in [0.15, 0.2) is 51.9 Å². The van der Waals surface area contributed by atoms with Crippen molar-refractivity contribution in [3.8, 4) is 11.5 Å². The van der Waals surface area contributed by atoms with Gasteiger partial charge in [-0.15, -0.1) is 11.8 Å². The van der Waals surface area contributed by atoms with Crippen molar-refractivity contribution in [2.45, 2.75) is 36.8 Å². The highest BCUT2D eigenvalue weighted by molar-refractivity contribution is 7.98. The molecule has 1 aromatic heterocycles. The van der Waals surface area contributed by atoms with Crippen LogP contribution in [0.5, 0.6) is 11.5 Å². The van der Waals surface area contributed by atoms with Crippen LogP contribution < -0.4 is 14.8 Å². The topological polar surface area (TPSA) is 86.5 Å². The van der Waals surface area contributed by atoms with E-state index in [4.69, 9.17) is 14.0 Å². The van der Waals surface area contributed by atoms with Gasteiger partial charge in [0.15, 0.2) is 17.3 Å². The predicted molar refractivity (Wildman–Crippen MR) is 113 cm³/mol. The average Bonchev–Trinajstić information content (AvgIpc) is 3.38. The summed E-state index contributed by atoms with van der Waals surface area (Å²) in [6, 6.07) is 13.4. The number of carbonyl (C=O) groups excluding carboxylic acids is 1. The number of fused-ring (bicyclic) bond motifs is 1. The molecule has 2 aromatic carbocycles. The van der Waals surface area contributed by atoms with Crippen molar-refractivity contribution in [1.29, 1.82) is 0 Å². The van der Waals surface area contributed by atoms with Gasteiger partial charge in [-0.2, -0.15) is 4.98 Å². The van der Waals surface area contributed by atoms with Crippen molar-refractivity contribution in [3.63, 3.8) is 0 Å². The van der Waals surface area contributed by atoms with E-state index in [1.54, 1.807) is 6.92 Å². The van der Waals surface area contributed by atoms with Crippen LogP contribution in [-0.2, 0) is 11.2 Å². The maximum atomic E-state index is 12.9. The van der Waals surface area contributed by atoms with Crippen molar-refractivity contribution < 1.29 is 18.8 Å². The first-order valence-electron chi connectivity index (χ1n) is 9.62. The molecule has 0 saturated heterocycles. The molecular weight excluding hydrogens is 402 g/mol. The third-order valence-electron chi connectivity index (χ3n) is 4.90. The van der Waals surface area contributed by atoms with Crippen molar-refractivity contribution >= 4 is 17.7 Å². The number of nitrogens with zero attached hydrogens (tertiary/aromatic N) is 2. The van der Waals surface area contributed by atoms with E-state index in [-0.39, 0.29) is 18.1 Å². The Bertz CT molecular complexity index is 1060. The summed E-state index contributed by atoms with van der Waals surface area (Å²) in [4.78, 5) is 18.0. The zero-order chi connectivity index (χ0) is 21.1. The Labute approximate surface area is 179 Å². The van der Waals surface area contributed by atoms with Gasteiger partial charge < -0.3 is 19.3 Å². The summed E-state index contributed by atoms with van der Waals surface area (Å²) in [6.45, 7) is 6.65. The number of hydrogen-bond acceptors (Lipinski definition) is 7. The van der Waals surface area contributed by atoms with E-state index in [1.807, 2.05) is 42.5 Å². The number of thioether (sulfide) groups is 1. The minimum atomic E-state index is -0.277. The van der Waals surface area contributed by atoms with Crippen LogP contribution in [0, 0.1) is 6.92 Å². The Morgan fingerprint density at radius 1 is 1.17 bits per heavy atom. The fraction of sp³-hybridized carbons (Fsp3) is 0.318. The van der Waals surface area contributed by atoms with Gasteiger partial charge in [0.25, 0.3) is 5.91 Å². The molecule has 8 heteroatoms. The van der Waals surface area contributed by atoms with E-state index in [0.29, 0.717) is 29.6 Å². The Kier molecular flexibility index (Phi) is 5.67. The maximum Gasteiger partial charge on any atom is 0.252 e. The summed E-state index contributed by atoms with van der Waals surface area (Å²) >= 11 is 1.51. The van der Waals surface area contributed by atoms with Gasteiger partial charge in [0.2, 0.25) is 12.7 Å². The van der Waals surface area contributed by atoms with Crippen LogP contribution in [0.3, 0.4) is 0 Å². The molecule has 0 bridgehead atoms. The summed E-state index contributed by atoms with van der Waals surface area (Å²) in [6.07, 6.45) is 0. The highest BCUT2D eigenvalue weighted by Crippen LogP contribution is 2.36. The van der Waals surface area contributed by atoms with E-state index in [0.717, 1.165) is 22.0 Å². The number of carbonyl (C=O) groups is 1. The molecule has 7 nitrogen and oxygen atoms in total. The van der Waals surface area contributed by atoms with Crippen LogP contribution in [0.25, 0.3) is 0 Å². The zero-order valence-electron chi connectivity index (χ0n) is 17.1. The molecule has 0 unspecified atom stereocenters. The second-order valence-electron chi connectivity index (χ2n) is 7.65. The molecule has 1 aliphatic heterocycles. The molecule has 0 fully saturated rings. The largest absolute Gasteiger partial charge is 0.454 e. The SMILES string of the molecule is Cc1nc(CSc2ccccc2C(=O)NCC(C)(C)c2ccc3c(c2)OCO3)no1. The maximum absolute atomic E-state index is 12.9. The Morgan fingerprint density at radius 2 is 1.97 bits per heavy atom. The van der Waals surface area contributed by atoms with Crippen LogP contribution in [0.4, 0.5) is 0 Å². The van der Waals surface area contributed by atoms with E-state index in [2.05, 4.69) is 29.3 Å². The Morgan fingerprint density at radius 3 is 2.77 bits per heavy atom. The molecule has 4 rings (SSSR count). The van der Waals surface area contributed by atoms with E-state index >= 15 is 0 Å². The second kappa shape index (κ2) is 8.39. The number of aryl methyl sites for hydroxylation is 1. The summed E-state index contributed by atoms with van der Waals surface area (Å²) in [5.74, 6) is 3.05.